The SMILES string of the molecule is CCN(CC)CCCN(CC)c1cc(OC)nc(N)n1. The zero-order chi connectivity index (χ0) is 15.0. The fourth-order valence-corrected chi connectivity index (χ4v) is 2.16. The first-order valence-electron chi connectivity index (χ1n) is 7.30. The van der Waals surface area contributed by atoms with Gasteiger partial charge in [-0.15, -0.1) is 0 Å². The van der Waals surface area contributed by atoms with Crippen LogP contribution in [0.1, 0.15) is 27.2 Å². The highest BCUT2D eigenvalue weighted by atomic mass is 16.5. The minimum absolute atomic E-state index is 0.251. The summed E-state index contributed by atoms with van der Waals surface area (Å²) in [5.74, 6) is 1.59. The van der Waals surface area contributed by atoms with Crippen molar-refractivity contribution in [3.05, 3.63) is 6.07 Å². The van der Waals surface area contributed by atoms with E-state index in [2.05, 4.69) is 40.5 Å². The summed E-state index contributed by atoms with van der Waals surface area (Å²) < 4.78 is 5.14. The van der Waals surface area contributed by atoms with Gasteiger partial charge in [0.25, 0.3) is 0 Å². The third kappa shape index (κ3) is 4.85. The van der Waals surface area contributed by atoms with Crippen LogP contribution in [-0.2, 0) is 0 Å². The van der Waals surface area contributed by atoms with Crippen LogP contribution >= 0.6 is 0 Å². The van der Waals surface area contributed by atoms with Crippen LogP contribution in [0, 0.1) is 0 Å². The van der Waals surface area contributed by atoms with E-state index in [4.69, 9.17) is 10.5 Å². The van der Waals surface area contributed by atoms with Crippen molar-refractivity contribution in [1.29, 1.82) is 0 Å². The molecule has 0 unspecified atom stereocenters. The third-order valence-electron chi connectivity index (χ3n) is 3.42. The summed E-state index contributed by atoms with van der Waals surface area (Å²) in [6.45, 7) is 11.6. The predicted molar refractivity (Wildman–Crippen MR) is 83.3 cm³/mol. The maximum absolute atomic E-state index is 5.71. The van der Waals surface area contributed by atoms with Crippen molar-refractivity contribution in [3.8, 4) is 5.88 Å². The van der Waals surface area contributed by atoms with Crippen LogP contribution in [0.25, 0.3) is 0 Å². The first kappa shape index (κ1) is 16.5. The second-order valence-corrected chi connectivity index (χ2v) is 4.59. The molecule has 0 fully saturated rings. The van der Waals surface area contributed by atoms with E-state index in [1.807, 2.05) is 6.07 Å². The lowest BCUT2D eigenvalue weighted by Crippen LogP contribution is -2.30. The first-order valence-corrected chi connectivity index (χ1v) is 7.30. The Hall–Kier alpha value is -1.56. The van der Waals surface area contributed by atoms with Crippen molar-refractivity contribution in [3.63, 3.8) is 0 Å². The number of nitrogen functional groups attached to an aromatic ring is 1. The van der Waals surface area contributed by atoms with E-state index < -0.39 is 0 Å². The molecule has 0 aromatic carbocycles. The van der Waals surface area contributed by atoms with Crippen LogP contribution in [0.5, 0.6) is 5.88 Å². The van der Waals surface area contributed by atoms with Gasteiger partial charge in [0.2, 0.25) is 11.8 Å². The van der Waals surface area contributed by atoms with E-state index in [0.29, 0.717) is 5.88 Å². The number of nitrogens with two attached hydrogens (primary N) is 1. The van der Waals surface area contributed by atoms with Crippen molar-refractivity contribution < 1.29 is 4.74 Å². The summed E-state index contributed by atoms with van der Waals surface area (Å²) >= 11 is 0. The Morgan fingerprint density at radius 1 is 1.10 bits per heavy atom. The monoisotopic (exact) mass is 281 g/mol. The van der Waals surface area contributed by atoms with Crippen molar-refractivity contribution in [1.82, 2.24) is 14.9 Å². The van der Waals surface area contributed by atoms with Gasteiger partial charge in [0.15, 0.2) is 0 Å². The van der Waals surface area contributed by atoms with Gasteiger partial charge in [0, 0.05) is 19.2 Å². The van der Waals surface area contributed by atoms with Gasteiger partial charge < -0.3 is 20.3 Å². The zero-order valence-corrected chi connectivity index (χ0v) is 13.1. The van der Waals surface area contributed by atoms with Gasteiger partial charge in [-0.2, -0.15) is 9.97 Å². The highest BCUT2D eigenvalue weighted by Gasteiger charge is 2.10. The molecule has 0 saturated carbocycles. The van der Waals surface area contributed by atoms with E-state index in [-0.39, 0.29) is 5.95 Å². The van der Waals surface area contributed by atoms with Gasteiger partial charge in [-0.3, -0.25) is 0 Å². The lowest BCUT2D eigenvalue weighted by Gasteiger charge is -2.24. The highest BCUT2D eigenvalue weighted by Crippen LogP contribution is 2.18. The molecule has 0 saturated heterocycles. The van der Waals surface area contributed by atoms with Crippen LogP contribution in [0.15, 0.2) is 6.07 Å². The Morgan fingerprint density at radius 3 is 2.35 bits per heavy atom. The average molecular weight is 281 g/mol. The normalized spacial score (nSPS) is 10.8. The van der Waals surface area contributed by atoms with Crippen LogP contribution in [0.3, 0.4) is 0 Å². The molecule has 6 heteroatoms. The van der Waals surface area contributed by atoms with Gasteiger partial charge in [0.1, 0.15) is 5.82 Å². The quantitative estimate of drug-likeness (QED) is 0.742. The van der Waals surface area contributed by atoms with Crippen molar-refractivity contribution in [2.75, 3.05) is 50.5 Å². The maximum Gasteiger partial charge on any atom is 0.225 e. The molecule has 0 spiro atoms. The number of nitrogens with zero attached hydrogens (tertiary/aromatic N) is 4. The summed E-state index contributed by atoms with van der Waals surface area (Å²) in [5.41, 5.74) is 5.71. The first-order chi connectivity index (χ1) is 9.64. The van der Waals surface area contributed by atoms with Gasteiger partial charge in [0.05, 0.1) is 7.11 Å². The third-order valence-corrected chi connectivity index (χ3v) is 3.42. The minimum atomic E-state index is 0.251. The second kappa shape index (κ2) is 8.58. The fraction of sp³-hybridized carbons (Fsp3) is 0.714. The number of anilines is 2. The number of hydrogen-bond acceptors (Lipinski definition) is 6. The molecule has 20 heavy (non-hydrogen) atoms. The molecule has 0 amide bonds. The lowest BCUT2D eigenvalue weighted by atomic mass is 10.3. The molecular weight excluding hydrogens is 254 g/mol. The van der Waals surface area contributed by atoms with Crippen LogP contribution in [0.2, 0.25) is 0 Å². The highest BCUT2D eigenvalue weighted by molar-refractivity contribution is 5.45. The van der Waals surface area contributed by atoms with Crippen molar-refractivity contribution in [2.45, 2.75) is 27.2 Å². The maximum atomic E-state index is 5.71. The molecule has 0 bridgehead atoms. The molecule has 0 aliphatic heterocycles. The molecule has 114 valence electrons. The number of methoxy groups -OCH3 is 1. The topological polar surface area (TPSA) is 67.5 Å². The van der Waals surface area contributed by atoms with E-state index in [1.54, 1.807) is 7.11 Å². The molecule has 0 radical (unpaired) electrons. The van der Waals surface area contributed by atoms with Crippen LogP contribution < -0.4 is 15.4 Å². The largest absolute Gasteiger partial charge is 0.481 e. The molecule has 0 aliphatic rings. The number of hydrogen-bond donors (Lipinski definition) is 1. The lowest BCUT2D eigenvalue weighted by molar-refractivity contribution is 0.300. The summed E-state index contributed by atoms with van der Waals surface area (Å²) in [5, 5.41) is 0. The minimum Gasteiger partial charge on any atom is -0.481 e. The predicted octanol–water partition coefficient (Wildman–Crippen LogP) is 1.63. The van der Waals surface area contributed by atoms with Gasteiger partial charge >= 0.3 is 0 Å². The number of aromatic nitrogens is 2. The van der Waals surface area contributed by atoms with Gasteiger partial charge in [-0.1, -0.05) is 13.8 Å². The molecule has 1 heterocycles. The van der Waals surface area contributed by atoms with E-state index >= 15 is 0 Å². The van der Waals surface area contributed by atoms with E-state index in [9.17, 15) is 0 Å². The standard InChI is InChI=1S/C14H27N5O/c1-5-18(6-2)9-8-10-19(7-3)12-11-13(20-4)17-14(15)16-12/h11H,5-10H2,1-4H3,(H2,15,16,17). The van der Waals surface area contributed by atoms with Gasteiger partial charge in [-0.05, 0) is 33.0 Å². The molecule has 1 rings (SSSR count). The Balaban J connectivity index is 2.64. The summed E-state index contributed by atoms with van der Waals surface area (Å²) in [6, 6.07) is 1.83. The van der Waals surface area contributed by atoms with E-state index in [1.165, 1.54) is 0 Å². The smallest absolute Gasteiger partial charge is 0.225 e. The van der Waals surface area contributed by atoms with Crippen molar-refractivity contribution in [2.24, 2.45) is 0 Å². The van der Waals surface area contributed by atoms with Crippen LogP contribution in [0.4, 0.5) is 11.8 Å². The molecule has 0 atom stereocenters. The molecule has 0 aliphatic carbocycles. The molecule has 6 nitrogen and oxygen atoms in total. The molecule has 1 aromatic heterocycles. The Morgan fingerprint density at radius 2 is 1.80 bits per heavy atom. The Labute approximate surface area is 121 Å². The second-order valence-electron chi connectivity index (χ2n) is 4.59. The van der Waals surface area contributed by atoms with Crippen LogP contribution in [-0.4, -0.2) is 54.7 Å². The number of rotatable bonds is 9. The van der Waals surface area contributed by atoms with Gasteiger partial charge in [-0.25, -0.2) is 0 Å². The van der Waals surface area contributed by atoms with E-state index in [0.717, 1.165) is 45.0 Å². The summed E-state index contributed by atoms with van der Waals surface area (Å²) in [4.78, 5) is 12.9. The molecule has 1 aromatic rings. The summed E-state index contributed by atoms with van der Waals surface area (Å²) in [6.07, 6.45) is 1.10. The molecule has 2 N–H and O–H groups in total. The molecular formula is C14H27N5O. The van der Waals surface area contributed by atoms with Crippen molar-refractivity contribution >= 4 is 11.8 Å². The Kier molecular flexibility index (Phi) is 7.08. The number of ether oxygens (including phenoxy) is 1. The Bertz CT molecular complexity index is 395. The zero-order valence-electron chi connectivity index (χ0n) is 13.1. The summed E-state index contributed by atoms with van der Waals surface area (Å²) in [7, 11) is 1.59. The fourth-order valence-electron chi connectivity index (χ4n) is 2.16. The average Bonchev–Trinajstić information content (AvgIpc) is 2.47.